The lowest BCUT2D eigenvalue weighted by Crippen LogP contribution is -2.54. The van der Waals surface area contributed by atoms with E-state index in [1.54, 1.807) is 42.5 Å². The number of carbonyl (C=O) groups is 4. The Morgan fingerprint density at radius 2 is 1.39 bits per heavy atom. The van der Waals surface area contributed by atoms with E-state index < -0.39 is 58.1 Å². The lowest BCUT2D eigenvalue weighted by molar-refractivity contribution is -0.146. The summed E-state index contributed by atoms with van der Waals surface area (Å²) in [4.78, 5) is 49.3. The number of hydroxylamine groups is 2. The summed E-state index contributed by atoms with van der Waals surface area (Å²) in [5.41, 5.74) is 2.22. The number of amidine groups is 1. The first-order valence-electron chi connectivity index (χ1n) is 14.4. The van der Waals surface area contributed by atoms with E-state index in [9.17, 15) is 37.9 Å². The average molecular weight is 652 g/mol. The number of rotatable bonds is 16. The average Bonchev–Trinajstić information content (AvgIpc) is 3.03. The van der Waals surface area contributed by atoms with Gasteiger partial charge in [-0.3, -0.25) is 29.8 Å². The quantitative estimate of drug-likeness (QED) is 0.0585. The summed E-state index contributed by atoms with van der Waals surface area (Å²) in [6.45, 7) is 1.08. The fourth-order valence-electron chi connectivity index (χ4n) is 4.43. The van der Waals surface area contributed by atoms with Crippen molar-refractivity contribution in [3.05, 3.63) is 107 Å². The molecule has 6 N–H and O–H groups in total. The Bertz CT molecular complexity index is 1620. The van der Waals surface area contributed by atoms with Gasteiger partial charge in [-0.15, -0.1) is 0 Å². The molecule has 0 saturated heterocycles. The summed E-state index contributed by atoms with van der Waals surface area (Å²) >= 11 is 0. The number of nitrogens with one attached hydrogen (secondary N) is 4. The first-order chi connectivity index (χ1) is 21.8. The molecule has 0 heterocycles. The van der Waals surface area contributed by atoms with Crippen LogP contribution in [0.15, 0.2) is 84.9 Å². The number of hydrogen-bond acceptors (Lipinski definition) is 8. The monoisotopic (exact) mass is 651 g/mol. The number of sulfonamides is 1. The van der Waals surface area contributed by atoms with Crippen LogP contribution in [-0.4, -0.2) is 65.4 Å². The van der Waals surface area contributed by atoms with Crippen LogP contribution in [0.3, 0.4) is 0 Å². The molecule has 3 aromatic rings. The van der Waals surface area contributed by atoms with Gasteiger partial charge in [0.05, 0.1) is 5.75 Å². The lowest BCUT2D eigenvalue weighted by atomic mass is 10.0. The Hall–Kier alpha value is -4.92. The van der Waals surface area contributed by atoms with Crippen molar-refractivity contribution in [2.75, 3.05) is 0 Å². The van der Waals surface area contributed by atoms with Gasteiger partial charge in [0, 0.05) is 25.5 Å². The maximum atomic E-state index is 13.5. The summed E-state index contributed by atoms with van der Waals surface area (Å²) in [6.07, 6.45) is -0.250. The molecule has 14 heteroatoms. The topological polar surface area (TPSA) is 206 Å². The second-order valence-corrected chi connectivity index (χ2v) is 12.3. The highest BCUT2D eigenvalue weighted by molar-refractivity contribution is 7.88. The standard InChI is InChI=1S/C32H37N5O8S/c1-22(38)37(43)30(33)26-15-12-24(13-16-26)20-34-31(41)27(18-19-29(39)40)35-32(42)28(17-14-23-8-4-2-5-9-23)36-46(44,45)21-25-10-6-3-7-11-25/h2-13,15-16,27-28,33,36,43H,14,17-21H2,1H3,(H,34,41)(H,35,42)(H,39,40)/t27-,28+/m0/s1. The minimum absolute atomic E-state index is 0.0252. The van der Waals surface area contributed by atoms with Crippen LogP contribution in [0.1, 0.15) is 48.4 Å². The van der Waals surface area contributed by atoms with Crippen LogP contribution in [0, 0.1) is 5.41 Å². The van der Waals surface area contributed by atoms with Crippen molar-refractivity contribution >= 4 is 39.5 Å². The van der Waals surface area contributed by atoms with Crippen LogP contribution in [0.25, 0.3) is 0 Å². The zero-order valence-corrected chi connectivity index (χ0v) is 26.0. The molecule has 3 aromatic carbocycles. The molecule has 0 aliphatic carbocycles. The van der Waals surface area contributed by atoms with Gasteiger partial charge in [-0.05, 0) is 36.0 Å². The van der Waals surface area contributed by atoms with E-state index in [4.69, 9.17) is 5.41 Å². The number of hydrogen-bond donors (Lipinski definition) is 6. The normalized spacial score (nSPS) is 12.4. The molecule has 3 rings (SSSR count). The summed E-state index contributed by atoms with van der Waals surface area (Å²) in [6, 6.07) is 21.1. The van der Waals surface area contributed by atoms with Crippen molar-refractivity contribution in [3.63, 3.8) is 0 Å². The molecular weight excluding hydrogens is 614 g/mol. The smallest absolute Gasteiger partial charge is 0.303 e. The molecule has 46 heavy (non-hydrogen) atoms. The molecule has 0 bridgehead atoms. The van der Waals surface area contributed by atoms with Crippen molar-refractivity contribution in [3.8, 4) is 0 Å². The number of nitrogens with zero attached hydrogens (tertiary/aromatic N) is 1. The van der Waals surface area contributed by atoms with Crippen LogP contribution in [0.5, 0.6) is 0 Å². The third-order valence-corrected chi connectivity index (χ3v) is 8.24. The highest BCUT2D eigenvalue weighted by Crippen LogP contribution is 2.12. The molecule has 13 nitrogen and oxygen atoms in total. The summed E-state index contributed by atoms with van der Waals surface area (Å²) in [5.74, 6) is -4.17. The fraction of sp³-hybridized carbons (Fsp3) is 0.281. The molecule has 0 spiro atoms. The molecule has 0 saturated carbocycles. The molecule has 0 unspecified atom stereocenters. The molecule has 0 aliphatic heterocycles. The van der Waals surface area contributed by atoms with Gasteiger partial charge in [-0.2, -0.15) is 5.06 Å². The molecule has 2 atom stereocenters. The SMILES string of the molecule is CC(=O)N(O)C(=N)c1ccc(CNC(=O)[C@H](CCC(=O)O)NC(=O)[C@@H](CCc2ccccc2)NS(=O)(=O)Cc2ccccc2)cc1. The van der Waals surface area contributed by atoms with Gasteiger partial charge in [0.2, 0.25) is 27.7 Å². The largest absolute Gasteiger partial charge is 0.481 e. The van der Waals surface area contributed by atoms with Crippen LogP contribution in [0.2, 0.25) is 0 Å². The van der Waals surface area contributed by atoms with Gasteiger partial charge in [0.25, 0.3) is 0 Å². The van der Waals surface area contributed by atoms with Crippen LogP contribution >= 0.6 is 0 Å². The van der Waals surface area contributed by atoms with Gasteiger partial charge in [0.1, 0.15) is 12.1 Å². The third kappa shape index (κ3) is 11.5. The Morgan fingerprint density at radius 3 is 1.96 bits per heavy atom. The van der Waals surface area contributed by atoms with Crippen molar-refractivity contribution in [2.24, 2.45) is 0 Å². The van der Waals surface area contributed by atoms with Crippen LogP contribution in [0.4, 0.5) is 0 Å². The number of amides is 3. The van der Waals surface area contributed by atoms with Gasteiger partial charge in [-0.25, -0.2) is 13.1 Å². The highest BCUT2D eigenvalue weighted by atomic mass is 32.2. The lowest BCUT2D eigenvalue weighted by Gasteiger charge is -2.23. The number of carboxylic acid groups (broad SMARTS) is 1. The summed E-state index contributed by atoms with van der Waals surface area (Å²) in [5, 5.41) is 32.2. The molecule has 0 fully saturated rings. The van der Waals surface area contributed by atoms with Crippen molar-refractivity contribution < 1.29 is 37.9 Å². The second-order valence-electron chi connectivity index (χ2n) is 10.5. The molecule has 0 aliphatic rings. The second kappa shape index (κ2) is 17.0. The van der Waals surface area contributed by atoms with E-state index in [1.807, 2.05) is 30.3 Å². The first kappa shape index (κ1) is 35.6. The maximum Gasteiger partial charge on any atom is 0.303 e. The summed E-state index contributed by atoms with van der Waals surface area (Å²) < 4.78 is 28.6. The minimum Gasteiger partial charge on any atom is -0.481 e. The Balaban J connectivity index is 1.73. The number of aliphatic carboxylic acids is 1. The molecular formula is C32H37N5O8S. The Morgan fingerprint density at radius 1 is 0.804 bits per heavy atom. The third-order valence-electron chi connectivity index (χ3n) is 6.89. The maximum absolute atomic E-state index is 13.5. The van der Waals surface area contributed by atoms with E-state index >= 15 is 0 Å². The van der Waals surface area contributed by atoms with E-state index in [2.05, 4.69) is 15.4 Å². The van der Waals surface area contributed by atoms with Gasteiger partial charge in [-0.1, -0.05) is 84.9 Å². The van der Waals surface area contributed by atoms with Gasteiger partial charge < -0.3 is 15.7 Å². The van der Waals surface area contributed by atoms with Crippen molar-refractivity contribution in [2.45, 2.75) is 57.0 Å². The van der Waals surface area contributed by atoms with Crippen LogP contribution in [-0.2, 0) is 47.9 Å². The Kier molecular flexibility index (Phi) is 13.1. The zero-order valence-electron chi connectivity index (χ0n) is 25.2. The molecule has 3 amide bonds. The highest BCUT2D eigenvalue weighted by Gasteiger charge is 2.29. The molecule has 0 aromatic heterocycles. The van der Waals surface area contributed by atoms with E-state index in [0.717, 1.165) is 12.5 Å². The number of carboxylic acids is 1. The number of aryl methyl sites for hydroxylation is 1. The predicted octanol–water partition coefficient (Wildman–Crippen LogP) is 2.34. The summed E-state index contributed by atoms with van der Waals surface area (Å²) in [7, 11) is -3.99. The van der Waals surface area contributed by atoms with E-state index in [-0.39, 0.29) is 35.8 Å². The zero-order chi connectivity index (χ0) is 33.7. The predicted molar refractivity (Wildman–Crippen MR) is 169 cm³/mol. The first-order valence-corrected chi connectivity index (χ1v) is 16.0. The number of benzene rings is 3. The van der Waals surface area contributed by atoms with Gasteiger partial charge in [0.15, 0.2) is 5.84 Å². The minimum atomic E-state index is -3.99. The van der Waals surface area contributed by atoms with E-state index in [0.29, 0.717) is 17.5 Å². The fourth-order valence-corrected chi connectivity index (χ4v) is 5.81. The van der Waals surface area contributed by atoms with Gasteiger partial charge >= 0.3 is 5.97 Å². The van der Waals surface area contributed by atoms with Crippen LogP contribution < -0.4 is 15.4 Å². The Labute approximate surface area is 267 Å². The molecule has 244 valence electrons. The number of carbonyl (C=O) groups excluding carboxylic acids is 3. The molecule has 0 radical (unpaired) electrons. The van der Waals surface area contributed by atoms with Crippen molar-refractivity contribution in [1.29, 1.82) is 5.41 Å². The van der Waals surface area contributed by atoms with Crippen molar-refractivity contribution in [1.82, 2.24) is 20.4 Å². The van der Waals surface area contributed by atoms with E-state index in [1.165, 1.54) is 12.1 Å².